The summed E-state index contributed by atoms with van der Waals surface area (Å²) in [4.78, 5) is 3.78. The molecular formula is C5H5MoN. The minimum Gasteiger partial charge on any atom is -0.265 e. The van der Waals surface area contributed by atoms with Crippen molar-refractivity contribution in [3.63, 3.8) is 0 Å². The molecule has 0 bridgehead atoms. The van der Waals surface area contributed by atoms with Crippen molar-refractivity contribution in [2.45, 2.75) is 0 Å². The minimum atomic E-state index is 0. The molecule has 0 radical (unpaired) electrons. The molecule has 0 aliphatic carbocycles. The van der Waals surface area contributed by atoms with E-state index in [-0.39, 0.29) is 21.1 Å². The Bertz CT molecular complexity index is 80.0. The van der Waals surface area contributed by atoms with Gasteiger partial charge in [-0.3, -0.25) is 4.98 Å². The smallest absolute Gasteiger partial charge is 0.0267 e. The van der Waals surface area contributed by atoms with E-state index in [4.69, 9.17) is 0 Å². The van der Waals surface area contributed by atoms with E-state index in [1.54, 1.807) is 12.4 Å². The van der Waals surface area contributed by atoms with Gasteiger partial charge in [0.1, 0.15) is 0 Å². The third kappa shape index (κ3) is 2.52. The van der Waals surface area contributed by atoms with Gasteiger partial charge in [-0.2, -0.15) is 0 Å². The van der Waals surface area contributed by atoms with E-state index >= 15 is 0 Å². The summed E-state index contributed by atoms with van der Waals surface area (Å²) in [6.45, 7) is 0. The Labute approximate surface area is 57.0 Å². The third-order valence-electron chi connectivity index (χ3n) is 0.566. The molecule has 0 N–H and O–H groups in total. The topological polar surface area (TPSA) is 12.9 Å². The van der Waals surface area contributed by atoms with E-state index in [2.05, 4.69) is 4.98 Å². The molecule has 0 aromatic carbocycles. The average Bonchev–Trinajstić information content (AvgIpc) is 1.72. The van der Waals surface area contributed by atoms with Crippen LogP contribution in [0.25, 0.3) is 0 Å². The Morgan fingerprint density at radius 2 is 1.43 bits per heavy atom. The zero-order valence-electron chi connectivity index (χ0n) is 3.74. The van der Waals surface area contributed by atoms with Gasteiger partial charge in [-0.25, -0.2) is 0 Å². The molecule has 0 saturated heterocycles. The summed E-state index contributed by atoms with van der Waals surface area (Å²) in [6.07, 6.45) is 3.50. The summed E-state index contributed by atoms with van der Waals surface area (Å²) in [5.41, 5.74) is 0. The molecule has 0 aliphatic rings. The normalized spacial score (nSPS) is 6.86. The zero-order chi connectivity index (χ0) is 4.24. The SMILES string of the molecule is [Mo].c1ccncc1. The van der Waals surface area contributed by atoms with Gasteiger partial charge >= 0.3 is 0 Å². The Morgan fingerprint density at radius 1 is 0.857 bits per heavy atom. The Kier molecular flexibility index (Phi) is 3.92. The van der Waals surface area contributed by atoms with E-state index in [9.17, 15) is 0 Å². The number of rotatable bonds is 0. The molecule has 0 fully saturated rings. The quantitative estimate of drug-likeness (QED) is 0.537. The van der Waals surface area contributed by atoms with Crippen molar-refractivity contribution in [1.29, 1.82) is 0 Å². The number of pyridine rings is 1. The monoisotopic (exact) mass is 177 g/mol. The first-order valence-corrected chi connectivity index (χ1v) is 1.85. The fourth-order valence-corrected chi connectivity index (χ4v) is 0.313. The molecule has 0 amide bonds. The van der Waals surface area contributed by atoms with Gasteiger partial charge in [0, 0.05) is 33.5 Å². The molecule has 0 spiro atoms. The molecule has 1 rings (SSSR count). The summed E-state index contributed by atoms with van der Waals surface area (Å²) < 4.78 is 0. The first-order valence-electron chi connectivity index (χ1n) is 1.85. The van der Waals surface area contributed by atoms with Crippen LogP contribution in [-0.4, -0.2) is 4.98 Å². The molecule has 0 unspecified atom stereocenters. The van der Waals surface area contributed by atoms with Crippen LogP contribution in [0.5, 0.6) is 0 Å². The Morgan fingerprint density at radius 3 is 1.57 bits per heavy atom. The molecule has 2 heteroatoms. The van der Waals surface area contributed by atoms with E-state index in [0.717, 1.165) is 0 Å². The molecule has 1 nitrogen and oxygen atoms in total. The second kappa shape index (κ2) is 4.01. The zero-order valence-corrected chi connectivity index (χ0v) is 5.75. The van der Waals surface area contributed by atoms with E-state index in [1.807, 2.05) is 18.2 Å². The largest absolute Gasteiger partial charge is 0.265 e. The van der Waals surface area contributed by atoms with E-state index in [0.29, 0.717) is 0 Å². The van der Waals surface area contributed by atoms with Gasteiger partial charge in [-0.15, -0.1) is 0 Å². The second-order valence-corrected chi connectivity index (χ2v) is 1.02. The summed E-state index contributed by atoms with van der Waals surface area (Å²) in [6, 6.07) is 5.72. The van der Waals surface area contributed by atoms with Crippen LogP contribution in [0.4, 0.5) is 0 Å². The fraction of sp³-hybridized carbons (Fsp3) is 0. The van der Waals surface area contributed by atoms with Crippen LogP contribution in [0.2, 0.25) is 0 Å². The van der Waals surface area contributed by atoms with Crippen molar-refractivity contribution in [2.75, 3.05) is 0 Å². The molecule has 0 atom stereocenters. The summed E-state index contributed by atoms with van der Waals surface area (Å²) in [5.74, 6) is 0. The predicted octanol–water partition coefficient (Wildman–Crippen LogP) is 1.08. The summed E-state index contributed by atoms with van der Waals surface area (Å²) in [7, 11) is 0. The van der Waals surface area contributed by atoms with Crippen molar-refractivity contribution in [3.05, 3.63) is 30.6 Å². The standard InChI is InChI=1S/C5H5N.Mo/c1-2-4-6-5-3-1;/h1-5H;. The molecule has 36 valence electrons. The van der Waals surface area contributed by atoms with Crippen molar-refractivity contribution in [2.24, 2.45) is 0 Å². The minimum absolute atomic E-state index is 0. The molecule has 1 heterocycles. The van der Waals surface area contributed by atoms with Crippen LogP contribution in [0.3, 0.4) is 0 Å². The van der Waals surface area contributed by atoms with Crippen molar-refractivity contribution < 1.29 is 21.1 Å². The number of aromatic nitrogens is 1. The van der Waals surface area contributed by atoms with Crippen LogP contribution in [0.1, 0.15) is 0 Å². The number of hydrogen-bond donors (Lipinski definition) is 0. The third-order valence-corrected chi connectivity index (χ3v) is 0.566. The maximum absolute atomic E-state index is 3.78. The van der Waals surface area contributed by atoms with Gasteiger partial charge in [0.25, 0.3) is 0 Å². The van der Waals surface area contributed by atoms with Crippen LogP contribution in [0, 0.1) is 0 Å². The van der Waals surface area contributed by atoms with Crippen molar-refractivity contribution in [1.82, 2.24) is 4.98 Å². The maximum atomic E-state index is 3.78. The molecule has 1 aromatic rings. The maximum Gasteiger partial charge on any atom is 0.0267 e. The molecule has 1 aromatic heterocycles. The molecular weight excluding hydrogens is 170 g/mol. The summed E-state index contributed by atoms with van der Waals surface area (Å²) >= 11 is 0. The first kappa shape index (κ1) is 6.84. The molecule has 7 heavy (non-hydrogen) atoms. The second-order valence-electron chi connectivity index (χ2n) is 1.02. The van der Waals surface area contributed by atoms with Gasteiger partial charge in [0.05, 0.1) is 0 Å². The van der Waals surface area contributed by atoms with Gasteiger partial charge in [0.15, 0.2) is 0 Å². The van der Waals surface area contributed by atoms with Crippen LogP contribution in [-0.2, 0) is 21.1 Å². The van der Waals surface area contributed by atoms with Gasteiger partial charge < -0.3 is 0 Å². The molecule has 0 aliphatic heterocycles. The molecule has 0 saturated carbocycles. The van der Waals surface area contributed by atoms with E-state index < -0.39 is 0 Å². The Balaban J connectivity index is 0.000000360. The van der Waals surface area contributed by atoms with Crippen molar-refractivity contribution >= 4 is 0 Å². The first-order chi connectivity index (χ1) is 3.00. The summed E-state index contributed by atoms with van der Waals surface area (Å²) in [5, 5.41) is 0. The van der Waals surface area contributed by atoms with Gasteiger partial charge in [0.2, 0.25) is 0 Å². The average molecular weight is 175 g/mol. The fourth-order valence-electron chi connectivity index (χ4n) is 0.313. The van der Waals surface area contributed by atoms with Gasteiger partial charge in [-0.05, 0) is 12.1 Å². The number of hydrogen-bond acceptors (Lipinski definition) is 1. The number of nitrogens with zero attached hydrogens (tertiary/aromatic N) is 1. The van der Waals surface area contributed by atoms with Crippen LogP contribution >= 0.6 is 0 Å². The predicted molar refractivity (Wildman–Crippen MR) is 24.2 cm³/mol. The van der Waals surface area contributed by atoms with Crippen LogP contribution in [0.15, 0.2) is 30.6 Å². The van der Waals surface area contributed by atoms with Gasteiger partial charge in [-0.1, -0.05) is 6.07 Å². The van der Waals surface area contributed by atoms with Crippen molar-refractivity contribution in [3.8, 4) is 0 Å². The van der Waals surface area contributed by atoms with E-state index in [1.165, 1.54) is 0 Å². The Hall–Kier alpha value is -0.162. The van der Waals surface area contributed by atoms with Crippen LogP contribution < -0.4 is 0 Å².